The van der Waals surface area contributed by atoms with Crippen molar-refractivity contribution in [3.63, 3.8) is 0 Å². The maximum atomic E-state index is 12.2. The Hall–Kier alpha value is -2.35. The number of nitrogens with one attached hydrogen (secondary N) is 1. The normalized spacial score (nSPS) is 11.2. The molecule has 7 nitrogen and oxygen atoms in total. The molecular weight excluding hydrogens is 292 g/mol. The molecule has 2 aromatic rings. The van der Waals surface area contributed by atoms with E-state index in [1.54, 1.807) is 0 Å². The van der Waals surface area contributed by atoms with Crippen molar-refractivity contribution in [2.45, 2.75) is 26.2 Å². The number of aromatic carboxylic acids is 1. The summed E-state index contributed by atoms with van der Waals surface area (Å²) >= 11 is 1.02. The van der Waals surface area contributed by atoms with Crippen molar-refractivity contribution < 1.29 is 14.7 Å². The highest BCUT2D eigenvalue weighted by Crippen LogP contribution is 2.26. The lowest BCUT2D eigenvalue weighted by atomic mass is 9.91. The van der Waals surface area contributed by atoms with Crippen molar-refractivity contribution in [3.8, 4) is 0 Å². The Balaban J connectivity index is 2.19. The summed E-state index contributed by atoms with van der Waals surface area (Å²) in [5.41, 5.74) is 0.673. The molecule has 0 spiro atoms. The average molecular weight is 306 g/mol. The fourth-order valence-corrected chi connectivity index (χ4v) is 2.38. The lowest BCUT2D eigenvalue weighted by molar-refractivity contribution is 0.0690. The van der Waals surface area contributed by atoms with Gasteiger partial charge in [0.15, 0.2) is 0 Å². The maximum absolute atomic E-state index is 12.2. The third-order valence-electron chi connectivity index (χ3n) is 2.65. The molecule has 0 aromatic carbocycles. The van der Waals surface area contributed by atoms with E-state index in [1.807, 2.05) is 20.8 Å². The predicted octanol–water partition coefficient (Wildman–Crippen LogP) is 2.18. The molecule has 2 rings (SSSR count). The summed E-state index contributed by atoms with van der Waals surface area (Å²) in [5, 5.41) is 15.4. The van der Waals surface area contributed by atoms with E-state index >= 15 is 0 Å². The van der Waals surface area contributed by atoms with Crippen LogP contribution in [-0.2, 0) is 5.41 Å². The summed E-state index contributed by atoms with van der Waals surface area (Å²) in [6.07, 6.45) is 1.30. The van der Waals surface area contributed by atoms with Gasteiger partial charge in [-0.05, 0) is 23.7 Å². The summed E-state index contributed by atoms with van der Waals surface area (Å²) in [7, 11) is 0. The maximum Gasteiger partial charge on any atom is 0.354 e. The van der Waals surface area contributed by atoms with E-state index in [-0.39, 0.29) is 17.0 Å². The van der Waals surface area contributed by atoms with E-state index in [4.69, 9.17) is 5.11 Å². The van der Waals surface area contributed by atoms with Crippen LogP contribution in [0.5, 0.6) is 0 Å². The first-order valence-corrected chi connectivity index (χ1v) is 6.90. The Morgan fingerprint density at radius 1 is 1.29 bits per heavy atom. The highest BCUT2D eigenvalue weighted by Gasteiger charge is 2.26. The number of hydrogen-bond acceptors (Lipinski definition) is 6. The third kappa shape index (κ3) is 3.40. The molecule has 8 heteroatoms. The van der Waals surface area contributed by atoms with E-state index in [0.717, 1.165) is 11.5 Å². The fraction of sp³-hybridized carbons (Fsp3) is 0.308. The molecule has 0 radical (unpaired) electrons. The number of aromatic nitrogens is 3. The molecule has 1 amide bonds. The second-order valence-corrected chi connectivity index (χ2v) is 6.15. The van der Waals surface area contributed by atoms with Gasteiger partial charge < -0.3 is 10.4 Å². The van der Waals surface area contributed by atoms with Crippen LogP contribution < -0.4 is 5.32 Å². The van der Waals surface area contributed by atoms with E-state index in [1.165, 1.54) is 18.3 Å². The molecule has 2 aromatic heterocycles. The number of anilines is 1. The molecule has 0 fully saturated rings. The van der Waals surface area contributed by atoms with Crippen molar-refractivity contribution >= 4 is 29.1 Å². The molecule has 0 atom stereocenters. The SMILES string of the molecule is CC(C)(C)c1nnsc1C(=O)Nc1ccc(C(=O)O)nc1. The molecule has 0 unspecified atom stereocenters. The van der Waals surface area contributed by atoms with Crippen LogP contribution in [-0.4, -0.2) is 31.6 Å². The number of nitrogens with zero attached hydrogens (tertiary/aromatic N) is 3. The van der Waals surface area contributed by atoms with E-state index in [2.05, 4.69) is 19.9 Å². The van der Waals surface area contributed by atoms with Gasteiger partial charge in [-0.15, -0.1) is 5.10 Å². The molecule has 110 valence electrons. The first kappa shape index (κ1) is 15.0. The quantitative estimate of drug-likeness (QED) is 0.900. The lowest BCUT2D eigenvalue weighted by Gasteiger charge is -2.16. The molecule has 2 heterocycles. The first-order chi connectivity index (χ1) is 9.79. The zero-order valence-corrected chi connectivity index (χ0v) is 12.6. The van der Waals surface area contributed by atoms with Gasteiger partial charge in [0, 0.05) is 5.41 Å². The van der Waals surface area contributed by atoms with E-state index < -0.39 is 5.97 Å². The van der Waals surface area contributed by atoms with Gasteiger partial charge in [0.2, 0.25) is 0 Å². The number of pyridine rings is 1. The minimum absolute atomic E-state index is 0.0807. The van der Waals surface area contributed by atoms with Gasteiger partial charge >= 0.3 is 5.97 Å². The van der Waals surface area contributed by atoms with Crippen molar-refractivity contribution in [1.82, 2.24) is 14.6 Å². The van der Waals surface area contributed by atoms with Gasteiger partial charge in [-0.1, -0.05) is 25.3 Å². The van der Waals surface area contributed by atoms with Crippen LogP contribution in [0, 0.1) is 0 Å². The molecule has 2 N–H and O–H groups in total. The number of carbonyl (C=O) groups is 2. The Labute approximate surface area is 125 Å². The second-order valence-electron chi connectivity index (χ2n) is 5.39. The molecule has 0 aliphatic heterocycles. The van der Waals surface area contributed by atoms with Gasteiger partial charge in [-0.2, -0.15) is 0 Å². The van der Waals surface area contributed by atoms with Crippen LogP contribution in [0.25, 0.3) is 0 Å². The average Bonchev–Trinajstić information content (AvgIpc) is 2.88. The second kappa shape index (κ2) is 5.57. The van der Waals surface area contributed by atoms with Gasteiger partial charge in [-0.25, -0.2) is 9.78 Å². The number of carboxylic acids is 1. The first-order valence-electron chi connectivity index (χ1n) is 6.12. The molecule has 0 saturated carbocycles. The van der Waals surface area contributed by atoms with Crippen LogP contribution in [0.15, 0.2) is 18.3 Å². The van der Waals surface area contributed by atoms with Crippen molar-refractivity contribution in [1.29, 1.82) is 0 Å². The Kier molecular flexibility index (Phi) is 3.99. The zero-order chi connectivity index (χ0) is 15.6. The molecule has 21 heavy (non-hydrogen) atoms. The predicted molar refractivity (Wildman–Crippen MR) is 77.8 cm³/mol. The Morgan fingerprint density at radius 2 is 2.00 bits per heavy atom. The van der Waals surface area contributed by atoms with Gasteiger partial charge in [0.25, 0.3) is 5.91 Å². The molecular formula is C13H14N4O3S. The van der Waals surface area contributed by atoms with Gasteiger partial charge in [-0.3, -0.25) is 4.79 Å². The topological polar surface area (TPSA) is 105 Å². The molecule has 0 saturated heterocycles. The standard InChI is InChI=1S/C13H14N4O3S/c1-13(2,3)10-9(21-17-16-10)11(18)15-7-4-5-8(12(19)20)14-6-7/h4-6H,1-3H3,(H,15,18)(H,19,20). The Morgan fingerprint density at radius 3 is 2.52 bits per heavy atom. The summed E-state index contributed by atoms with van der Waals surface area (Å²) < 4.78 is 3.83. The minimum Gasteiger partial charge on any atom is -0.477 e. The Bertz CT molecular complexity index is 673. The smallest absolute Gasteiger partial charge is 0.354 e. The van der Waals surface area contributed by atoms with Crippen LogP contribution >= 0.6 is 11.5 Å². The number of carboxylic acid groups (broad SMARTS) is 1. The van der Waals surface area contributed by atoms with E-state index in [0.29, 0.717) is 16.3 Å². The number of rotatable bonds is 3. The molecule has 0 aliphatic rings. The number of carbonyl (C=O) groups excluding carboxylic acids is 1. The van der Waals surface area contributed by atoms with Crippen LogP contribution in [0.1, 0.15) is 46.6 Å². The molecule has 0 aliphatic carbocycles. The summed E-state index contributed by atoms with van der Waals surface area (Å²) in [6, 6.07) is 2.81. The summed E-state index contributed by atoms with van der Waals surface area (Å²) in [5.74, 6) is -1.45. The van der Waals surface area contributed by atoms with Crippen molar-refractivity contribution in [3.05, 3.63) is 34.6 Å². The lowest BCUT2D eigenvalue weighted by Crippen LogP contribution is -2.20. The highest BCUT2D eigenvalue weighted by molar-refractivity contribution is 7.08. The number of amides is 1. The molecule has 0 bridgehead atoms. The highest BCUT2D eigenvalue weighted by atomic mass is 32.1. The van der Waals surface area contributed by atoms with E-state index in [9.17, 15) is 9.59 Å². The van der Waals surface area contributed by atoms with Crippen molar-refractivity contribution in [2.24, 2.45) is 0 Å². The van der Waals surface area contributed by atoms with Crippen LogP contribution in [0.2, 0.25) is 0 Å². The minimum atomic E-state index is -1.12. The summed E-state index contributed by atoms with van der Waals surface area (Å²) in [4.78, 5) is 27.1. The van der Waals surface area contributed by atoms with Crippen LogP contribution in [0.4, 0.5) is 5.69 Å². The largest absolute Gasteiger partial charge is 0.477 e. The van der Waals surface area contributed by atoms with Gasteiger partial charge in [0.05, 0.1) is 17.6 Å². The third-order valence-corrected chi connectivity index (χ3v) is 3.37. The fourth-order valence-electron chi connectivity index (χ4n) is 1.61. The zero-order valence-electron chi connectivity index (χ0n) is 11.7. The van der Waals surface area contributed by atoms with Crippen LogP contribution in [0.3, 0.4) is 0 Å². The summed E-state index contributed by atoms with van der Waals surface area (Å²) in [6.45, 7) is 5.84. The van der Waals surface area contributed by atoms with Gasteiger partial charge in [0.1, 0.15) is 10.6 Å². The number of hydrogen-bond donors (Lipinski definition) is 2. The monoisotopic (exact) mass is 306 g/mol. The van der Waals surface area contributed by atoms with Crippen molar-refractivity contribution in [2.75, 3.05) is 5.32 Å².